The molecule has 0 bridgehead atoms. The number of nitro benzene ring substituents is 1. The standard InChI is InChI=1S/C11H9F4N5O2/c12-10(4-9(10)11(13,14)15)7-2-1-6(20(21)22)3-8(7)19-5-16-17-18-19/h1-3,9H,4-5H2,(H,16,18). The predicted octanol–water partition coefficient (Wildman–Crippen LogP) is 2.99. The summed E-state index contributed by atoms with van der Waals surface area (Å²) in [5, 5.41) is 18.9. The Morgan fingerprint density at radius 1 is 1.45 bits per heavy atom. The van der Waals surface area contributed by atoms with Crippen LogP contribution in [0.4, 0.5) is 28.9 Å². The van der Waals surface area contributed by atoms with Crippen molar-refractivity contribution in [3.05, 3.63) is 33.9 Å². The van der Waals surface area contributed by atoms with Crippen LogP contribution in [0, 0.1) is 16.0 Å². The van der Waals surface area contributed by atoms with Gasteiger partial charge >= 0.3 is 6.18 Å². The number of anilines is 1. The quantitative estimate of drug-likeness (QED) is 0.527. The fourth-order valence-electron chi connectivity index (χ4n) is 2.46. The Hall–Kier alpha value is -2.46. The lowest BCUT2D eigenvalue weighted by Crippen LogP contribution is -2.24. The van der Waals surface area contributed by atoms with Crippen molar-refractivity contribution in [1.82, 2.24) is 5.43 Å². The Morgan fingerprint density at radius 2 is 2.18 bits per heavy atom. The van der Waals surface area contributed by atoms with Crippen LogP contribution in [-0.2, 0) is 5.67 Å². The minimum absolute atomic E-state index is 0.0130. The number of halogens is 4. The molecule has 0 radical (unpaired) electrons. The Balaban J connectivity index is 2.04. The van der Waals surface area contributed by atoms with Crippen LogP contribution >= 0.6 is 0 Å². The fraction of sp³-hybridized carbons (Fsp3) is 0.455. The first-order chi connectivity index (χ1) is 10.2. The van der Waals surface area contributed by atoms with Gasteiger partial charge in [0.15, 0.2) is 0 Å². The molecule has 3 rings (SSSR count). The van der Waals surface area contributed by atoms with Crippen molar-refractivity contribution < 1.29 is 22.5 Å². The zero-order valence-electron chi connectivity index (χ0n) is 10.8. The van der Waals surface area contributed by atoms with Crippen molar-refractivity contribution in [2.75, 3.05) is 11.7 Å². The van der Waals surface area contributed by atoms with E-state index in [2.05, 4.69) is 15.9 Å². The number of nitrogens with one attached hydrogen (secondary N) is 1. The first-order valence-corrected chi connectivity index (χ1v) is 6.19. The normalized spacial score (nSPS) is 26.9. The van der Waals surface area contributed by atoms with E-state index < -0.39 is 29.1 Å². The number of hydrogen-bond acceptors (Lipinski definition) is 6. The van der Waals surface area contributed by atoms with E-state index in [1.54, 1.807) is 0 Å². The van der Waals surface area contributed by atoms with Crippen molar-refractivity contribution in [1.29, 1.82) is 0 Å². The third-order valence-electron chi connectivity index (χ3n) is 3.65. The smallest absolute Gasteiger partial charge is 0.269 e. The molecule has 1 saturated carbocycles. The van der Waals surface area contributed by atoms with Crippen molar-refractivity contribution in [3.8, 4) is 0 Å². The second-order valence-electron chi connectivity index (χ2n) is 5.02. The van der Waals surface area contributed by atoms with Gasteiger partial charge in [0.05, 0.1) is 16.5 Å². The SMILES string of the molecule is O=[N+]([O-])c1ccc(C2(F)CC2C(F)(F)F)c(N2CNN=N2)c1. The lowest BCUT2D eigenvalue weighted by atomic mass is 10.0. The van der Waals surface area contributed by atoms with Crippen LogP contribution < -0.4 is 10.4 Å². The first kappa shape index (κ1) is 14.5. The van der Waals surface area contributed by atoms with Crippen LogP contribution in [0.3, 0.4) is 0 Å². The molecular formula is C11H9F4N5O2. The molecule has 1 aliphatic carbocycles. The van der Waals surface area contributed by atoms with E-state index in [4.69, 9.17) is 0 Å². The van der Waals surface area contributed by atoms with E-state index >= 15 is 0 Å². The summed E-state index contributed by atoms with van der Waals surface area (Å²) in [5.74, 6) is -2.12. The summed E-state index contributed by atoms with van der Waals surface area (Å²) in [7, 11) is 0. The van der Waals surface area contributed by atoms with Gasteiger partial charge < -0.3 is 0 Å². The second kappa shape index (κ2) is 4.52. The largest absolute Gasteiger partial charge is 0.395 e. The molecule has 1 fully saturated rings. The lowest BCUT2D eigenvalue weighted by Gasteiger charge is -2.19. The third-order valence-corrected chi connectivity index (χ3v) is 3.65. The summed E-state index contributed by atoms with van der Waals surface area (Å²) in [6.45, 7) is -0.0130. The highest BCUT2D eigenvalue weighted by Crippen LogP contribution is 2.64. The van der Waals surface area contributed by atoms with Gasteiger partial charge in [-0.05, 0) is 11.3 Å². The minimum atomic E-state index is -4.67. The Morgan fingerprint density at radius 3 is 2.68 bits per heavy atom. The van der Waals surface area contributed by atoms with Gasteiger partial charge in [-0.3, -0.25) is 15.5 Å². The number of alkyl halides is 4. The van der Waals surface area contributed by atoms with Gasteiger partial charge in [0.1, 0.15) is 12.3 Å². The molecule has 1 N–H and O–H groups in total. The number of hydrogen-bond donors (Lipinski definition) is 1. The first-order valence-electron chi connectivity index (χ1n) is 6.19. The summed E-state index contributed by atoms with van der Waals surface area (Å²) in [6, 6.07) is 2.98. The minimum Gasteiger partial charge on any atom is -0.269 e. The summed E-state index contributed by atoms with van der Waals surface area (Å²) in [5.41, 5.74) is -0.908. The average Bonchev–Trinajstić information content (AvgIpc) is 2.91. The monoisotopic (exact) mass is 319 g/mol. The van der Waals surface area contributed by atoms with Crippen molar-refractivity contribution in [2.24, 2.45) is 16.4 Å². The molecule has 118 valence electrons. The number of non-ortho nitro benzene ring substituents is 1. The Bertz CT molecular complexity index is 664. The molecule has 0 aromatic heterocycles. The van der Waals surface area contributed by atoms with E-state index in [-0.39, 0.29) is 23.6 Å². The third kappa shape index (κ3) is 2.22. The highest BCUT2D eigenvalue weighted by molar-refractivity contribution is 5.62. The van der Waals surface area contributed by atoms with Gasteiger partial charge in [0.2, 0.25) is 0 Å². The van der Waals surface area contributed by atoms with Crippen LogP contribution in [0.2, 0.25) is 0 Å². The highest BCUT2D eigenvalue weighted by atomic mass is 19.4. The van der Waals surface area contributed by atoms with Gasteiger partial charge in [0, 0.05) is 24.1 Å². The molecule has 0 saturated heterocycles. The summed E-state index contributed by atoms with van der Waals surface area (Å²) < 4.78 is 52.8. The number of nitro groups is 1. The number of nitrogens with zero attached hydrogens (tertiary/aromatic N) is 4. The van der Waals surface area contributed by atoms with Crippen LogP contribution in [0.25, 0.3) is 0 Å². The van der Waals surface area contributed by atoms with Gasteiger partial charge in [-0.25, -0.2) is 9.40 Å². The molecule has 2 aliphatic rings. The molecular weight excluding hydrogens is 310 g/mol. The van der Waals surface area contributed by atoms with Crippen LogP contribution in [0.15, 0.2) is 28.6 Å². The highest BCUT2D eigenvalue weighted by Gasteiger charge is 2.69. The zero-order chi connectivity index (χ0) is 16.1. The van der Waals surface area contributed by atoms with E-state index in [9.17, 15) is 27.7 Å². The molecule has 2 atom stereocenters. The maximum atomic E-state index is 14.6. The van der Waals surface area contributed by atoms with E-state index in [0.717, 1.165) is 23.2 Å². The Labute approximate surface area is 120 Å². The van der Waals surface area contributed by atoms with Gasteiger partial charge in [-0.15, -0.1) is 0 Å². The van der Waals surface area contributed by atoms with Crippen LogP contribution in [0.5, 0.6) is 0 Å². The van der Waals surface area contributed by atoms with Gasteiger partial charge in [0.25, 0.3) is 5.69 Å². The zero-order valence-corrected chi connectivity index (χ0v) is 10.8. The average molecular weight is 319 g/mol. The molecule has 2 unspecified atom stereocenters. The van der Waals surface area contributed by atoms with Crippen molar-refractivity contribution in [2.45, 2.75) is 18.3 Å². The molecule has 0 amide bonds. The van der Waals surface area contributed by atoms with E-state index in [0.29, 0.717) is 0 Å². The van der Waals surface area contributed by atoms with Crippen LogP contribution in [0.1, 0.15) is 12.0 Å². The summed E-state index contributed by atoms with van der Waals surface area (Å²) in [6.07, 6.45) is -5.38. The second-order valence-corrected chi connectivity index (χ2v) is 5.02. The van der Waals surface area contributed by atoms with Gasteiger partial charge in [-0.2, -0.15) is 13.2 Å². The molecule has 1 aromatic rings. The maximum absolute atomic E-state index is 14.6. The van der Waals surface area contributed by atoms with Crippen LogP contribution in [-0.4, -0.2) is 17.8 Å². The summed E-state index contributed by atoms with van der Waals surface area (Å²) >= 11 is 0. The Kier molecular flexibility index (Phi) is 2.97. The lowest BCUT2D eigenvalue weighted by molar-refractivity contribution is -0.384. The predicted molar refractivity (Wildman–Crippen MR) is 65.4 cm³/mol. The fourth-order valence-corrected chi connectivity index (χ4v) is 2.46. The van der Waals surface area contributed by atoms with Crippen molar-refractivity contribution >= 4 is 11.4 Å². The number of benzene rings is 1. The maximum Gasteiger partial charge on any atom is 0.395 e. The molecule has 1 heterocycles. The molecule has 11 heteroatoms. The van der Waals surface area contributed by atoms with E-state index in [1.807, 2.05) is 0 Å². The van der Waals surface area contributed by atoms with Gasteiger partial charge in [-0.1, -0.05) is 5.22 Å². The molecule has 0 spiro atoms. The molecule has 1 aliphatic heterocycles. The topological polar surface area (TPSA) is 83.1 Å². The molecule has 22 heavy (non-hydrogen) atoms. The summed E-state index contributed by atoms with van der Waals surface area (Å²) in [4.78, 5) is 10.1. The van der Waals surface area contributed by atoms with E-state index in [1.165, 1.54) is 0 Å². The number of rotatable bonds is 3. The molecule has 7 nitrogen and oxygen atoms in total. The molecule has 1 aromatic carbocycles. The van der Waals surface area contributed by atoms with Crippen molar-refractivity contribution in [3.63, 3.8) is 0 Å².